The first-order valence-electron chi connectivity index (χ1n) is 7.52. The Labute approximate surface area is 126 Å². The lowest BCUT2D eigenvalue weighted by Gasteiger charge is -2.31. The van der Waals surface area contributed by atoms with Gasteiger partial charge in [0.2, 0.25) is 0 Å². The Hall–Kier alpha value is -1.86. The molecule has 0 aromatic heterocycles. The molecule has 0 aliphatic carbocycles. The second-order valence-electron chi connectivity index (χ2n) is 5.56. The number of nitrogens with zero attached hydrogens (tertiary/aromatic N) is 2. The van der Waals surface area contributed by atoms with Crippen LogP contribution in [-0.2, 0) is 16.1 Å². The van der Waals surface area contributed by atoms with Crippen LogP contribution in [0, 0.1) is 24.2 Å². The number of hydrogen-bond donors (Lipinski definition) is 0. The van der Waals surface area contributed by atoms with E-state index in [4.69, 9.17) is 10.00 Å². The molecule has 0 spiro atoms. The average Bonchev–Trinajstić information content (AvgIpc) is 2.50. The molecule has 0 radical (unpaired) electrons. The van der Waals surface area contributed by atoms with Crippen LogP contribution < -0.4 is 0 Å². The Morgan fingerprint density at radius 3 is 2.71 bits per heavy atom. The third-order valence-corrected chi connectivity index (χ3v) is 4.07. The van der Waals surface area contributed by atoms with Gasteiger partial charge in [0.05, 0.1) is 24.2 Å². The predicted molar refractivity (Wildman–Crippen MR) is 80.5 cm³/mol. The fourth-order valence-corrected chi connectivity index (χ4v) is 2.77. The second-order valence-corrected chi connectivity index (χ2v) is 5.56. The zero-order chi connectivity index (χ0) is 15.2. The van der Waals surface area contributed by atoms with Gasteiger partial charge in [-0.2, -0.15) is 5.26 Å². The maximum Gasteiger partial charge on any atom is 0.309 e. The molecule has 0 amide bonds. The maximum atomic E-state index is 11.7. The lowest BCUT2D eigenvalue weighted by Crippen LogP contribution is -2.36. The van der Waals surface area contributed by atoms with E-state index in [9.17, 15) is 4.79 Å². The highest BCUT2D eigenvalue weighted by atomic mass is 16.5. The normalized spacial score (nSPS) is 16.4. The fourth-order valence-electron chi connectivity index (χ4n) is 2.77. The van der Waals surface area contributed by atoms with Crippen molar-refractivity contribution in [1.29, 1.82) is 5.26 Å². The van der Waals surface area contributed by atoms with Crippen molar-refractivity contribution in [3.63, 3.8) is 0 Å². The molecule has 1 fully saturated rings. The maximum absolute atomic E-state index is 11.7. The van der Waals surface area contributed by atoms with Crippen molar-refractivity contribution in [2.24, 2.45) is 5.92 Å². The summed E-state index contributed by atoms with van der Waals surface area (Å²) in [6, 6.07) is 8.00. The first-order chi connectivity index (χ1) is 10.1. The van der Waals surface area contributed by atoms with Gasteiger partial charge >= 0.3 is 5.97 Å². The topological polar surface area (TPSA) is 53.3 Å². The van der Waals surface area contributed by atoms with E-state index < -0.39 is 0 Å². The first kappa shape index (κ1) is 15.5. The summed E-state index contributed by atoms with van der Waals surface area (Å²) in [5.74, 6) is 0.00923. The number of esters is 1. The van der Waals surface area contributed by atoms with Gasteiger partial charge in [0.1, 0.15) is 0 Å². The number of benzene rings is 1. The molecule has 1 aromatic carbocycles. The first-order valence-corrected chi connectivity index (χ1v) is 7.52. The van der Waals surface area contributed by atoms with E-state index in [1.165, 1.54) is 5.56 Å². The number of carbonyl (C=O) groups is 1. The summed E-state index contributed by atoms with van der Waals surface area (Å²) in [5.41, 5.74) is 3.11. The number of rotatable bonds is 4. The van der Waals surface area contributed by atoms with Crippen LogP contribution in [0.3, 0.4) is 0 Å². The van der Waals surface area contributed by atoms with Crippen molar-refractivity contribution in [2.75, 3.05) is 19.7 Å². The second kappa shape index (κ2) is 7.24. The summed E-state index contributed by atoms with van der Waals surface area (Å²) in [4.78, 5) is 14.1. The van der Waals surface area contributed by atoms with Crippen molar-refractivity contribution >= 4 is 5.97 Å². The van der Waals surface area contributed by atoms with Gasteiger partial charge in [-0.1, -0.05) is 6.07 Å². The van der Waals surface area contributed by atoms with Gasteiger partial charge in [-0.05, 0) is 63.0 Å². The molecule has 2 rings (SSSR count). The summed E-state index contributed by atoms with van der Waals surface area (Å²) in [7, 11) is 0. The minimum atomic E-state index is -0.0493. The predicted octanol–water partition coefficient (Wildman–Crippen LogP) is 2.64. The summed E-state index contributed by atoms with van der Waals surface area (Å²) in [6.45, 7) is 7.07. The molecule has 1 heterocycles. The number of aryl methyl sites for hydroxylation is 1. The molecular formula is C17H22N2O2. The summed E-state index contributed by atoms with van der Waals surface area (Å²) in [6.07, 6.45) is 1.74. The molecule has 21 heavy (non-hydrogen) atoms. The number of likely N-dealkylation sites (tertiary alicyclic amines) is 1. The number of hydrogen-bond acceptors (Lipinski definition) is 4. The molecular weight excluding hydrogens is 264 g/mol. The highest BCUT2D eigenvalue weighted by Gasteiger charge is 2.25. The molecule has 0 N–H and O–H groups in total. The Morgan fingerprint density at radius 1 is 1.43 bits per heavy atom. The van der Waals surface area contributed by atoms with Crippen LogP contribution in [0.2, 0.25) is 0 Å². The lowest BCUT2D eigenvalue weighted by atomic mass is 9.96. The molecule has 1 aliphatic heterocycles. The SMILES string of the molecule is CCOC(=O)C1CCN(Cc2ccc(C#N)cc2C)CC1. The molecule has 0 atom stereocenters. The van der Waals surface area contributed by atoms with Gasteiger partial charge in [-0.25, -0.2) is 0 Å². The monoisotopic (exact) mass is 286 g/mol. The summed E-state index contributed by atoms with van der Waals surface area (Å²) >= 11 is 0. The van der Waals surface area contributed by atoms with E-state index in [-0.39, 0.29) is 11.9 Å². The molecule has 1 saturated heterocycles. The van der Waals surface area contributed by atoms with Gasteiger partial charge in [0.25, 0.3) is 0 Å². The van der Waals surface area contributed by atoms with Crippen LogP contribution in [0.1, 0.15) is 36.5 Å². The number of ether oxygens (including phenoxy) is 1. The van der Waals surface area contributed by atoms with E-state index in [1.807, 2.05) is 32.0 Å². The minimum Gasteiger partial charge on any atom is -0.466 e. The van der Waals surface area contributed by atoms with Gasteiger partial charge < -0.3 is 4.74 Å². The standard InChI is InChI=1S/C17H22N2O2/c1-3-21-17(20)15-6-8-19(9-7-15)12-16-5-4-14(11-18)10-13(16)2/h4-5,10,15H,3,6-9,12H2,1-2H3. The largest absolute Gasteiger partial charge is 0.466 e. The molecule has 1 aliphatic rings. The van der Waals surface area contributed by atoms with E-state index in [0.29, 0.717) is 12.2 Å². The number of nitriles is 1. The van der Waals surface area contributed by atoms with Crippen molar-refractivity contribution in [2.45, 2.75) is 33.2 Å². The Balaban J connectivity index is 1.89. The summed E-state index contributed by atoms with van der Waals surface area (Å²) < 4.78 is 5.09. The Bertz CT molecular complexity index is 540. The van der Waals surface area contributed by atoms with Crippen LogP contribution >= 0.6 is 0 Å². The van der Waals surface area contributed by atoms with E-state index in [2.05, 4.69) is 11.0 Å². The quantitative estimate of drug-likeness (QED) is 0.798. The minimum absolute atomic E-state index is 0.0493. The van der Waals surface area contributed by atoms with Crippen molar-refractivity contribution in [3.8, 4) is 6.07 Å². The highest BCUT2D eigenvalue weighted by molar-refractivity contribution is 5.72. The molecule has 0 unspecified atom stereocenters. The van der Waals surface area contributed by atoms with Gasteiger partial charge in [-0.3, -0.25) is 9.69 Å². The fraction of sp³-hybridized carbons (Fsp3) is 0.529. The Morgan fingerprint density at radius 2 is 2.14 bits per heavy atom. The van der Waals surface area contributed by atoms with Gasteiger partial charge in [-0.15, -0.1) is 0 Å². The third-order valence-electron chi connectivity index (χ3n) is 4.07. The van der Waals surface area contributed by atoms with Crippen molar-refractivity contribution in [1.82, 2.24) is 4.90 Å². The van der Waals surface area contributed by atoms with Crippen LogP contribution in [0.25, 0.3) is 0 Å². The van der Waals surface area contributed by atoms with Crippen LogP contribution in [-0.4, -0.2) is 30.6 Å². The molecule has 112 valence electrons. The third kappa shape index (κ3) is 4.05. The van der Waals surface area contributed by atoms with E-state index in [1.54, 1.807) is 0 Å². The van der Waals surface area contributed by atoms with Crippen LogP contribution in [0.15, 0.2) is 18.2 Å². The summed E-state index contributed by atoms with van der Waals surface area (Å²) in [5, 5.41) is 8.90. The van der Waals surface area contributed by atoms with Crippen LogP contribution in [0.5, 0.6) is 0 Å². The van der Waals surface area contributed by atoms with Crippen molar-refractivity contribution < 1.29 is 9.53 Å². The van der Waals surface area contributed by atoms with E-state index >= 15 is 0 Å². The van der Waals surface area contributed by atoms with E-state index in [0.717, 1.165) is 38.0 Å². The average molecular weight is 286 g/mol. The Kier molecular flexibility index (Phi) is 5.35. The molecule has 4 heteroatoms. The molecule has 0 bridgehead atoms. The lowest BCUT2D eigenvalue weighted by molar-refractivity contribution is -0.149. The number of piperidine rings is 1. The van der Waals surface area contributed by atoms with Crippen LogP contribution in [0.4, 0.5) is 0 Å². The van der Waals surface area contributed by atoms with Gasteiger partial charge in [0.15, 0.2) is 0 Å². The number of carbonyl (C=O) groups excluding carboxylic acids is 1. The molecule has 4 nitrogen and oxygen atoms in total. The zero-order valence-electron chi connectivity index (χ0n) is 12.8. The highest BCUT2D eigenvalue weighted by Crippen LogP contribution is 2.21. The van der Waals surface area contributed by atoms with Crippen molar-refractivity contribution in [3.05, 3.63) is 34.9 Å². The molecule has 0 saturated carbocycles. The zero-order valence-corrected chi connectivity index (χ0v) is 12.8. The van der Waals surface area contributed by atoms with Gasteiger partial charge in [0, 0.05) is 6.54 Å². The molecule has 1 aromatic rings. The smallest absolute Gasteiger partial charge is 0.309 e.